The summed E-state index contributed by atoms with van der Waals surface area (Å²) in [4.78, 5) is 0. The van der Waals surface area contributed by atoms with Gasteiger partial charge in [-0.1, -0.05) is 41.4 Å². The zero-order chi connectivity index (χ0) is 14.9. The highest BCUT2D eigenvalue weighted by atomic mass is 79.9. The van der Waals surface area contributed by atoms with E-state index in [1.807, 2.05) is 18.2 Å². The Labute approximate surface area is 130 Å². The summed E-state index contributed by atoms with van der Waals surface area (Å²) in [5.74, 6) is 0.745. The molecule has 2 N–H and O–H groups in total. The van der Waals surface area contributed by atoms with Crippen molar-refractivity contribution in [1.82, 2.24) is 0 Å². The van der Waals surface area contributed by atoms with E-state index < -0.39 is 5.82 Å². The predicted octanol–water partition coefficient (Wildman–Crippen LogP) is 5.74. The fourth-order valence-electron chi connectivity index (χ4n) is 1.81. The molecular weight excluding hydrogens is 345 g/mol. The fourth-order valence-corrected chi connectivity index (χ4v) is 2.35. The minimum Gasteiger partial charge on any atom is -0.455 e. The molecule has 2 aromatic rings. The maximum absolute atomic E-state index is 13.3. The van der Waals surface area contributed by atoms with E-state index in [0.29, 0.717) is 11.5 Å². The Kier molecular flexibility index (Phi) is 4.55. The summed E-state index contributed by atoms with van der Waals surface area (Å²) in [6.07, 6.45) is 0. The standard InChI is InChI=1S/C15H14BrClFNO/c1-8(2)10-5-9(16)3-4-14(10)20-15-6-11(17)12(18)7-13(15)19/h3-8H,19H2,1-2H3. The molecule has 0 atom stereocenters. The Morgan fingerprint density at radius 3 is 2.55 bits per heavy atom. The smallest absolute Gasteiger partial charge is 0.152 e. The van der Waals surface area contributed by atoms with Gasteiger partial charge in [0.15, 0.2) is 5.75 Å². The van der Waals surface area contributed by atoms with Crippen molar-refractivity contribution in [2.45, 2.75) is 19.8 Å². The molecule has 2 aromatic carbocycles. The summed E-state index contributed by atoms with van der Waals surface area (Å²) in [7, 11) is 0. The van der Waals surface area contributed by atoms with Crippen LogP contribution in [0.4, 0.5) is 10.1 Å². The van der Waals surface area contributed by atoms with E-state index in [1.165, 1.54) is 6.07 Å². The van der Waals surface area contributed by atoms with E-state index in [-0.39, 0.29) is 16.6 Å². The molecule has 20 heavy (non-hydrogen) atoms. The van der Waals surface area contributed by atoms with Crippen LogP contribution in [-0.4, -0.2) is 0 Å². The molecule has 0 fully saturated rings. The molecule has 0 aliphatic rings. The predicted molar refractivity (Wildman–Crippen MR) is 84.1 cm³/mol. The lowest BCUT2D eigenvalue weighted by atomic mass is 10.0. The maximum Gasteiger partial charge on any atom is 0.152 e. The van der Waals surface area contributed by atoms with Gasteiger partial charge >= 0.3 is 0 Å². The Morgan fingerprint density at radius 2 is 1.90 bits per heavy atom. The average molecular weight is 359 g/mol. The highest BCUT2D eigenvalue weighted by Gasteiger charge is 2.13. The molecule has 5 heteroatoms. The van der Waals surface area contributed by atoms with Crippen LogP contribution in [0, 0.1) is 5.82 Å². The van der Waals surface area contributed by atoms with Crippen molar-refractivity contribution in [3.8, 4) is 11.5 Å². The lowest BCUT2D eigenvalue weighted by Crippen LogP contribution is -1.98. The van der Waals surface area contributed by atoms with Gasteiger partial charge in [0.1, 0.15) is 11.6 Å². The van der Waals surface area contributed by atoms with Gasteiger partial charge in [-0.25, -0.2) is 4.39 Å². The molecule has 0 saturated heterocycles. The third-order valence-corrected chi connectivity index (χ3v) is 3.65. The van der Waals surface area contributed by atoms with E-state index in [1.54, 1.807) is 0 Å². The fraction of sp³-hybridized carbons (Fsp3) is 0.200. The van der Waals surface area contributed by atoms with E-state index >= 15 is 0 Å². The molecule has 0 aliphatic heterocycles. The average Bonchev–Trinajstić information content (AvgIpc) is 2.37. The number of hydrogen-bond donors (Lipinski definition) is 1. The van der Waals surface area contributed by atoms with Gasteiger partial charge in [0, 0.05) is 16.6 Å². The van der Waals surface area contributed by atoms with Crippen LogP contribution in [-0.2, 0) is 0 Å². The zero-order valence-electron chi connectivity index (χ0n) is 11.1. The first-order valence-corrected chi connectivity index (χ1v) is 7.27. The van der Waals surface area contributed by atoms with E-state index in [2.05, 4.69) is 29.8 Å². The van der Waals surface area contributed by atoms with Gasteiger partial charge in [-0.2, -0.15) is 0 Å². The number of anilines is 1. The highest BCUT2D eigenvalue weighted by Crippen LogP contribution is 2.36. The maximum atomic E-state index is 13.3. The Morgan fingerprint density at radius 1 is 1.20 bits per heavy atom. The molecule has 0 aliphatic carbocycles. The summed E-state index contributed by atoms with van der Waals surface area (Å²) in [6, 6.07) is 8.25. The van der Waals surface area contributed by atoms with Gasteiger partial charge in [-0.05, 0) is 29.7 Å². The molecule has 0 saturated carbocycles. The Bertz CT molecular complexity index is 646. The van der Waals surface area contributed by atoms with Crippen LogP contribution >= 0.6 is 27.5 Å². The zero-order valence-corrected chi connectivity index (χ0v) is 13.4. The van der Waals surface area contributed by atoms with Crippen molar-refractivity contribution in [1.29, 1.82) is 0 Å². The van der Waals surface area contributed by atoms with Gasteiger partial charge in [0.2, 0.25) is 0 Å². The van der Waals surface area contributed by atoms with Gasteiger partial charge in [0.05, 0.1) is 10.7 Å². The molecule has 2 rings (SSSR count). The summed E-state index contributed by atoms with van der Waals surface area (Å²) < 4.78 is 20.1. The summed E-state index contributed by atoms with van der Waals surface area (Å²) >= 11 is 9.20. The summed E-state index contributed by atoms with van der Waals surface area (Å²) in [5, 5.41) is -0.0163. The second-order valence-electron chi connectivity index (χ2n) is 4.74. The van der Waals surface area contributed by atoms with E-state index in [4.69, 9.17) is 22.1 Å². The van der Waals surface area contributed by atoms with Crippen molar-refractivity contribution in [3.05, 3.63) is 51.2 Å². The topological polar surface area (TPSA) is 35.2 Å². The van der Waals surface area contributed by atoms with Crippen LogP contribution < -0.4 is 10.5 Å². The quantitative estimate of drug-likeness (QED) is 0.710. The number of hydrogen-bond acceptors (Lipinski definition) is 2. The molecule has 0 radical (unpaired) electrons. The van der Waals surface area contributed by atoms with Crippen LogP contribution in [0.3, 0.4) is 0 Å². The minimum atomic E-state index is -0.559. The highest BCUT2D eigenvalue weighted by molar-refractivity contribution is 9.10. The molecule has 106 valence electrons. The Balaban J connectivity index is 2.42. The van der Waals surface area contributed by atoms with Crippen LogP contribution in [0.2, 0.25) is 5.02 Å². The third-order valence-electron chi connectivity index (χ3n) is 2.87. The van der Waals surface area contributed by atoms with Crippen LogP contribution in [0.5, 0.6) is 11.5 Å². The second kappa shape index (κ2) is 6.02. The van der Waals surface area contributed by atoms with Crippen molar-refractivity contribution in [2.24, 2.45) is 0 Å². The second-order valence-corrected chi connectivity index (χ2v) is 6.07. The molecule has 0 spiro atoms. The van der Waals surface area contributed by atoms with Gasteiger partial charge in [-0.15, -0.1) is 0 Å². The minimum absolute atomic E-state index is 0.0163. The van der Waals surface area contributed by atoms with Crippen molar-refractivity contribution >= 4 is 33.2 Å². The number of rotatable bonds is 3. The van der Waals surface area contributed by atoms with Crippen molar-refractivity contribution in [2.75, 3.05) is 5.73 Å². The normalized spacial score (nSPS) is 10.9. The molecule has 0 unspecified atom stereocenters. The molecule has 0 heterocycles. The SMILES string of the molecule is CC(C)c1cc(Br)ccc1Oc1cc(Cl)c(F)cc1N. The van der Waals surface area contributed by atoms with E-state index in [0.717, 1.165) is 16.1 Å². The lowest BCUT2D eigenvalue weighted by Gasteiger charge is -2.15. The van der Waals surface area contributed by atoms with Crippen LogP contribution in [0.1, 0.15) is 25.3 Å². The first kappa shape index (κ1) is 15.1. The van der Waals surface area contributed by atoms with Gasteiger partial charge in [-0.3, -0.25) is 0 Å². The van der Waals surface area contributed by atoms with Crippen LogP contribution in [0.25, 0.3) is 0 Å². The molecule has 0 aromatic heterocycles. The van der Waals surface area contributed by atoms with Crippen molar-refractivity contribution < 1.29 is 9.13 Å². The lowest BCUT2D eigenvalue weighted by molar-refractivity contribution is 0.473. The molecule has 0 bridgehead atoms. The molecular formula is C15H14BrClFNO. The number of benzene rings is 2. The van der Waals surface area contributed by atoms with Gasteiger partial charge < -0.3 is 10.5 Å². The largest absolute Gasteiger partial charge is 0.455 e. The number of halogens is 3. The first-order valence-electron chi connectivity index (χ1n) is 6.10. The monoisotopic (exact) mass is 357 g/mol. The number of nitrogens with two attached hydrogens (primary N) is 1. The molecule has 0 amide bonds. The Hall–Kier alpha value is -1.26. The molecule has 2 nitrogen and oxygen atoms in total. The van der Waals surface area contributed by atoms with E-state index in [9.17, 15) is 4.39 Å². The van der Waals surface area contributed by atoms with Crippen molar-refractivity contribution in [3.63, 3.8) is 0 Å². The van der Waals surface area contributed by atoms with Gasteiger partial charge in [0.25, 0.3) is 0 Å². The third kappa shape index (κ3) is 3.25. The first-order chi connectivity index (χ1) is 9.38. The summed E-state index contributed by atoms with van der Waals surface area (Å²) in [5.41, 5.74) is 7.00. The number of nitrogen functional groups attached to an aromatic ring is 1. The van der Waals surface area contributed by atoms with Crippen LogP contribution in [0.15, 0.2) is 34.8 Å². The summed E-state index contributed by atoms with van der Waals surface area (Å²) in [6.45, 7) is 4.13. The number of ether oxygens (including phenoxy) is 1.